The normalized spacial score (nSPS) is 30.4. The van der Waals surface area contributed by atoms with Crippen LogP contribution in [-0.2, 0) is 19.1 Å². The van der Waals surface area contributed by atoms with Gasteiger partial charge in [-0.3, -0.25) is 24.6 Å². The Kier molecular flexibility index (Phi) is 4.40. The summed E-state index contributed by atoms with van der Waals surface area (Å²) in [7, 11) is 1.25. The standard InChI is InChI=1S/C16H20N2O5/c1-4-11(19)23-16(15(5-2)9-7-6-8-10-15)12(20)17-14(22)18(3)13(16)21/h6-9H,4-5,10H2,1-3H3,(H,17,20,22). The smallest absolute Gasteiger partial charge is 0.330 e. The van der Waals surface area contributed by atoms with Crippen molar-refractivity contribution >= 4 is 23.8 Å². The number of hydrogen-bond donors (Lipinski definition) is 1. The maximum Gasteiger partial charge on any atom is 0.330 e. The summed E-state index contributed by atoms with van der Waals surface area (Å²) in [5, 5.41) is 2.13. The first-order valence-electron chi connectivity index (χ1n) is 7.54. The Labute approximate surface area is 134 Å². The van der Waals surface area contributed by atoms with Crippen molar-refractivity contribution in [3.05, 3.63) is 24.3 Å². The zero-order valence-electron chi connectivity index (χ0n) is 13.4. The van der Waals surface area contributed by atoms with Crippen molar-refractivity contribution in [1.82, 2.24) is 10.2 Å². The number of urea groups is 1. The molecular weight excluding hydrogens is 300 g/mol. The predicted octanol–water partition coefficient (Wildman–Crippen LogP) is 1.30. The topological polar surface area (TPSA) is 92.8 Å². The molecule has 2 atom stereocenters. The number of carbonyl (C=O) groups is 4. The van der Waals surface area contributed by atoms with Gasteiger partial charge in [0.05, 0.1) is 5.41 Å². The van der Waals surface area contributed by atoms with E-state index in [0.29, 0.717) is 12.8 Å². The van der Waals surface area contributed by atoms with Gasteiger partial charge in [-0.25, -0.2) is 4.79 Å². The SMILES string of the molecule is CCC(=O)OC1(C2(CC)C=CC=CC2)C(=O)NC(=O)N(C)C1=O. The van der Waals surface area contributed by atoms with Gasteiger partial charge in [-0.05, 0) is 12.8 Å². The molecule has 2 unspecified atom stereocenters. The molecule has 0 bridgehead atoms. The Morgan fingerprint density at radius 3 is 2.52 bits per heavy atom. The molecule has 1 aliphatic carbocycles. The first-order chi connectivity index (χ1) is 10.8. The van der Waals surface area contributed by atoms with Crippen LogP contribution in [0.25, 0.3) is 0 Å². The molecule has 0 aromatic carbocycles. The summed E-state index contributed by atoms with van der Waals surface area (Å²) in [6.45, 7) is 3.38. The van der Waals surface area contributed by atoms with E-state index in [0.717, 1.165) is 4.90 Å². The molecule has 2 rings (SSSR count). The van der Waals surface area contributed by atoms with Gasteiger partial charge < -0.3 is 4.74 Å². The van der Waals surface area contributed by atoms with Crippen LogP contribution in [-0.4, -0.2) is 41.4 Å². The van der Waals surface area contributed by atoms with E-state index < -0.39 is 34.8 Å². The van der Waals surface area contributed by atoms with Gasteiger partial charge in [-0.2, -0.15) is 0 Å². The van der Waals surface area contributed by atoms with Gasteiger partial charge in [0.25, 0.3) is 17.4 Å². The van der Waals surface area contributed by atoms with Gasteiger partial charge in [0.2, 0.25) is 0 Å². The van der Waals surface area contributed by atoms with Crippen molar-refractivity contribution in [3.63, 3.8) is 0 Å². The third-order valence-electron chi connectivity index (χ3n) is 4.48. The summed E-state index contributed by atoms with van der Waals surface area (Å²) in [4.78, 5) is 50.1. The van der Waals surface area contributed by atoms with Gasteiger partial charge in [0.1, 0.15) is 0 Å². The summed E-state index contributed by atoms with van der Waals surface area (Å²) in [5.41, 5.74) is -3.12. The van der Waals surface area contributed by atoms with Crippen molar-refractivity contribution < 1.29 is 23.9 Å². The molecule has 4 amide bonds. The number of likely N-dealkylation sites (N-methyl/N-ethyl adjacent to an activating group) is 1. The molecule has 0 aromatic heterocycles. The molecule has 0 radical (unpaired) electrons. The molecule has 23 heavy (non-hydrogen) atoms. The van der Waals surface area contributed by atoms with Crippen LogP contribution >= 0.6 is 0 Å². The lowest BCUT2D eigenvalue weighted by Gasteiger charge is -2.48. The van der Waals surface area contributed by atoms with Crippen LogP contribution in [0.3, 0.4) is 0 Å². The van der Waals surface area contributed by atoms with E-state index in [1.807, 2.05) is 13.0 Å². The second-order valence-corrected chi connectivity index (χ2v) is 5.63. The van der Waals surface area contributed by atoms with Crippen molar-refractivity contribution in [1.29, 1.82) is 0 Å². The van der Waals surface area contributed by atoms with Gasteiger partial charge in [0.15, 0.2) is 0 Å². The maximum atomic E-state index is 12.9. The molecule has 1 saturated heterocycles. The number of imide groups is 2. The van der Waals surface area contributed by atoms with Crippen LogP contribution in [0.1, 0.15) is 33.1 Å². The summed E-state index contributed by atoms with van der Waals surface area (Å²) in [6.07, 6.45) is 7.76. The molecule has 1 N–H and O–H groups in total. The van der Waals surface area contributed by atoms with E-state index in [1.54, 1.807) is 25.2 Å². The number of nitrogens with one attached hydrogen (secondary N) is 1. The summed E-state index contributed by atoms with van der Waals surface area (Å²) in [6, 6.07) is -0.829. The average Bonchev–Trinajstić information content (AvgIpc) is 2.57. The van der Waals surface area contributed by atoms with E-state index >= 15 is 0 Å². The third kappa shape index (κ3) is 2.36. The second kappa shape index (κ2) is 5.98. The monoisotopic (exact) mass is 320 g/mol. The Morgan fingerprint density at radius 2 is 2.00 bits per heavy atom. The molecule has 1 aliphatic heterocycles. The van der Waals surface area contributed by atoms with Gasteiger partial charge in [0, 0.05) is 13.5 Å². The zero-order valence-corrected chi connectivity index (χ0v) is 13.4. The molecular formula is C16H20N2O5. The first-order valence-corrected chi connectivity index (χ1v) is 7.54. The van der Waals surface area contributed by atoms with Crippen molar-refractivity contribution in [2.75, 3.05) is 7.05 Å². The Balaban J connectivity index is 2.65. The fourth-order valence-electron chi connectivity index (χ4n) is 3.01. The molecule has 7 heteroatoms. The molecule has 0 aromatic rings. The fraction of sp³-hybridized carbons (Fsp3) is 0.500. The van der Waals surface area contributed by atoms with Crippen molar-refractivity contribution in [3.8, 4) is 0 Å². The molecule has 124 valence electrons. The van der Waals surface area contributed by atoms with E-state index in [-0.39, 0.29) is 6.42 Å². The molecule has 0 spiro atoms. The third-order valence-corrected chi connectivity index (χ3v) is 4.48. The van der Waals surface area contributed by atoms with E-state index in [2.05, 4.69) is 5.32 Å². The minimum atomic E-state index is -2.08. The van der Waals surface area contributed by atoms with Crippen molar-refractivity contribution in [2.24, 2.45) is 5.41 Å². The number of barbiturate groups is 1. The number of nitrogens with zero attached hydrogens (tertiary/aromatic N) is 1. The molecule has 0 saturated carbocycles. The highest BCUT2D eigenvalue weighted by Crippen LogP contribution is 2.47. The second-order valence-electron chi connectivity index (χ2n) is 5.63. The molecule has 7 nitrogen and oxygen atoms in total. The van der Waals surface area contributed by atoms with Crippen LogP contribution in [0.5, 0.6) is 0 Å². The van der Waals surface area contributed by atoms with Crippen LogP contribution in [0.15, 0.2) is 24.3 Å². The number of hydrogen-bond acceptors (Lipinski definition) is 5. The van der Waals surface area contributed by atoms with Gasteiger partial charge >= 0.3 is 12.0 Å². The van der Waals surface area contributed by atoms with E-state index in [4.69, 9.17) is 4.74 Å². The number of ether oxygens (including phenoxy) is 1. The lowest BCUT2D eigenvalue weighted by atomic mass is 9.64. The van der Waals surface area contributed by atoms with Gasteiger partial charge in [-0.1, -0.05) is 38.2 Å². The highest BCUT2D eigenvalue weighted by Gasteiger charge is 2.66. The Hall–Kier alpha value is -2.44. The maximum absolute atomic E-state index is 12.9. The number of allylic oxidation sites excluding steroid dienone is 3. The number of esters is 1. The van der Waals surface area contributed by atoms with Crippen LogP contribution in [0, 0.1) is 5.41 Å². The van der Waals surface area contributed by atoms with Gasteiger partial charge in [-0.15, -0.1) is 0 Å². The largest absolute Gasteiger partial charge is 0.438 e. The molecule has 1 heterocycles. The summed E-state index contributed by atoms with van der Waals surface area (Å²) >= 11 is 0. The lowest BCUT2D eigenvalue weighted by molar-refractivity contribution is -0.192. The van der Waals surface area contributed by atoms with E-state index in [9.17, 15) is 19.2 Å². The minimum Gasteiger partial charge on any atom is -0.438 e. The number of rotatable bonds is 4. The van der Waals surface area contributed by atoms with Crippen LogP contribution in [0.2, 0.25) is 0 Å². The van der Waals surface area contributed by atoms with Crippen LogP contribution in [0.4, 0.5) is 4.79 Å². The Bertz CT molecular complexity index is 624. The summed E-state index contributed by atoms with van der Waals surface area (Å²) in [5.74, 6) is -2.39. The first kappa shape index (κ1) is 16.9. The lowest BCUT2D eigenvalue weighted by Crippen LogP contribution is -2.74. The minimum absolute atomic E-state index is 0.0132. The highest BCUT2D eigenvalue weighted by atomic mass is 16.6. The summed E-state index contributed by atoms with van der Waals surface area (Å²) < 4.78 is 5.43. The highest BCUT2D eigenvalue weighted by molar-refractivity contribution is 6.23. The average molecular weight is 320 g/mol. The number of amides is 4. The van der Waals surface area contributed by atoms with Crippen molar-refractivity contribution in [2.45, 2.75) is 38.7 Å². The van der Waals surface area contributed by atoms with Crippen LogP contribution < -0.4 is 5.32 Å². The number of carbonyl (C=O) groups excluding carboxylic acids is 4. The molecule has 2 aliphatic rings. The predicted molar refractivity (Wildman–Crippen MR) is 81.0 cm³/mol. The fourth-order valence-corrected chi connectivity index (χ4v) is 3.01. The Morgan fingerprint density at radius 1 is 1.30 bits per heavy atom. The van der Waals surface area contributed by atoms with E-state index in [1.165, 1.54) is 7.05 Å². The molecule has 1 fully saturated rings. The quantitative estimate of drug-likeness (QED) is 0.622. The zero-order chi connectivity index (χ0) is 17.3.